The van der Waals surface area contributed by atoms with Gasteiger partial charge in [-0.2, -0.15) is 0 Å². The van der Waals surface area contributed by atoms with E-state index in [9.17, 15) is 0 Å². The highest BCUT2D eigenvalue weighted by Gasteiger charge is 2.17. The van der Waals surface area contributed by atoms with Crippen LogP contribution in [0.4, 0.5) is 5.82 Å². The number of rotatable bonds is 4. The lowest BCUT2D eigenvalue weighted by Gasteiger charge is -2.21. The molecular weight excluding hydrogens is 238 g/mol. The fourth-order valence-electron chi connectivity index (χ4n) is 2.72. The van der Waals surface area contributed by atoms with Crippen LogP contribution in [0.1, 0.15) is 44.7 Å². The van der Waals surface area contributed by atoms with Gasteiger partial charge in [0, 0.05) is 13.1 Å². The Kier molecular flexibility index (Phi) is 4.71. The number of anilines is 1. The Balaban J connectivity index is 1.99. The molecule has 5 nitrogen and oxygen atoms in total. The molecule has 1 aliphatic rings. The number of hydrogen-bond acceptors (Lipinski definition) is 4. The van der Waals surface area contributed by atoms with E-state index in [1.54, 1.807) is 12.4 Å². The second-order valence-corrected chi connectivity index (χ2v) is 5.25. The Bertz CT molecular complexity index is 414. The van der Waals surface area contributed by atoms with E-state index in [1.165, 1.54) is 32.1 Å². The molecule has 1 atom stereocenters. The van der Waals surface area contributed by atoms with Gasteiger partial charge < -0.3 is 10.6 Å². The van der Waals surface area contributed by atoms with E-state index in [1.807, 2.05) is 0 Å². The minimum Gasteiger partial charge on any atom is -0.382 e. The van der Waals surface area contributed by atoms with Crippen LogP contribution in [-0.4, -0.2) is 28.9 Å². The zero-order valence-corrected chi connectivity index (χ0v) is 11.6. The first kappa shape index (κ1) is 13.8. The summed E-state index contributed by atoms with van der Waals surface area (Å²) in [5.41, 5.74) is 5.83. The third-order valence-electron chi connectivity index (χ3n) is 3.78. The molecule has 0 saturated carbocycles. The van der Waals surface area contributed by atoms with Crippen molar-refractivity contribution in [3.05, 3.63) is 18.1 Å². The van der Waals surface area contributed by atoms with E-state index >= 15 is 0 Å². The predicted molar refractivity (Wildman–Crippen MR) is 77.5 cm³/mol. The average molecular weight is 261 g/mol. The molecule has 5 heteroatoms. The van der Waals surface area contributed by atoms with E-state index in [4.69, 9.17) is 11.1 Å². The Labute approximate surface area is 114 Å². The van der Waals surface area contributed by atoms with Crippen LogP contribution in [0.2, 0.25) is 0 Å². The van der Waals surface area contributed by atoms with Crippen LogP contribution in [0.15, 0.2) is 12.4 Å². The maximum atomic E-state index is 7.32. The van der Waals surface area contributed by atoms with Crippen LogP contribution in [0.25, 0.3) is 0 Å². The highest BCUT2D eigenvalue weighted by molar-refractivity contribution is 5.92. The van der Waals surface area contributed by atoms with E-state index in [2.05, 4.69) is 21.8 Å². The van der Waals surface area contributed by atoms with Crippen molar-refractivity contribution in [2.45, 2.75) is 39.0 Å². The maximum absolute atomic E-state index is 7.32. The van der Waals surface area contributed by atoms with Crippen LogP contribution in [0, 0.1) is 11.3 Å². The van der Waals surface area contributed by atoms with Crippen LogP contribution < -0.4 is 10.6 Å². The Morgan fingerprint density at radius 2 is 2.21 bits per heavy atom. The first-order chi connectivity index (χ1) is 9.20. The van der Waals surface area contributed by atoms with Gasteiger partial charge in [0.25, 0.3) is 0 Å². The van der Waals surface area contributed by atoms with Crippen molar-refractivity contribution in [2.75, 3.05) is 18.0 Å². The predicted octanol–water partition coefficient (Wildman–Crippen LogP) is 2.17. The Morgan fingerprint density at radius 1 is 1.37 bits per heavy atom. The second kappa shape index (κ2) is 6.50. The largest absolute Gasteiger partial charge is 0.382 e. The summed E-state index contributed by atoms with van der Waals surface area (Å²) in [7, 11) is 0. The zero-order valence-electron chi connectivity index (χ0n) is 11.6. The van der Waals surface area contributed by atoms with Gasteiger partial charge in [-0.25, -0.2) is 9.97 Å². The highest BCUT2D eigenvalue weighted by atomic mass is 15.2. The fourth-order valence-corrected chi connectivity index (χ4v) is 2.72. The van der Waals surface area contributed by atoms with Crippen LogP contribution >= 0.6 is 0 Å². The molecule has 104 valence electrons. The number of nitrogen functional groups attached to an aromatic ring is 1. The maximum Gasteiger partial charge on any atom is 0.147 e. The van der Waals surface area contributed by atoms with Crippen molar-refractivity contribution in [1.82, 2.24) is 9.97 Å². The molecule has 2 heterocycles. The second-order valence-electron chi connectivity index (χ2n) is 5.25. The summed E-state index contributed by atoms with van der Waals surface area (Å²) in [6.45, 7) is 4.36. The summed E-state index contributed by atoms with van der Waals surface area (Å²) in [4.78, 5) is 10.9. The molecular formula is C14H23N5. The van der Waals surface area contributed by atoms with Gasteiger partial charge in [0.2, 0.25) is 0 Å². The highest BCUT2D eigenvalue weighted by Crippen LogP contribution is 2.24. The summed E-state index contributed by atoms with van der Waals surface area (Å²) in [6.07, 6.45) is 9.72. The monoisotopic (exact) mass is 261 g/mol. The van der Waals surface area contributed by atoms with Crippen molar-refractivity contribution in [3.8, 4) is 0 Å². The molecule has 0 spiro atoms. The van der Waals surface area contributed by atoms with E-state index in [-0.39, 0.29) is 5.84 Å². The SMILES string of the molecule is CCCC1CCCN(c2cnc(C(=N)N)cn2)CC1. The Morgan fingerprint density at radius 3 is 2.84 bits per heavy atom. The number of nitrogens with zero attached hydrogens (tertiary/aromatic N) is 3. The number of nitrogens with two attached hydrogens (primary N) is 1. The van der Waals surface area contributed by atoms with Crippen LogP contribution in [-0.2, 0) is 0 Å². The van der Waals surface area contributed by atoms with Gasteiger partial charge in [0.15, 0.2) is 0 Å². The summed E-state index contributed by atoms with van der Waals surface area (Å²) in [6, 6.07) is 0. The van der Waals surface area contributed by atoms with E-state index < -0.39 is 0 Å². The lowest BCUT2D eigenvalue weighted by molar-refractivity contribution is 0.435. The molecule has 1 aromatic rings. The lowest BCUT2D eigenvalue weighted by atomic mass is 9.96. The molecule has 2 rings (SSSR count). The van der Waals surface area contributed by atoms with Gasteiger partial charge >= 0.3 is 0 Å². The molecule has 1 aromatic heterocycles. The normalized spacial score (nSPS) is 20.1. The standard InChI is InChI=1S/C14H23N5/c1-2-4-11-5-3-7-19(8-6-11)13-10-17-12(9-18-13)14(15)16/h9-11H,2-8H2,1H3,(H3,15,16). The molecule has 0 amide bonds. The lowest BCUT2D eigenvalue weighted by Crippen LogP contribution is -2.26. The topological polar surface area (TPSA) is 78.9 Å². The molecule has 0 aliphatic carbocycles. The molecule has 0 aromatic carbocycles. The molecule has 1 unspecified atom stereocenters. The van der Waals surface area contributed by atoms with Crippen molar-refractivity contribution >= 4 is 11.7 Å². The molecule has 1 saturated heterocycles. The van der Waals surface area contributed by atoms with Gasteiger partial charge in [-0.15, -0.1) is 0 Å². The van der Waals surface area contributed by atoms with Crippen molar-refractivity contribution in [2.24, 2.45) is 11.7 Å². The van der Waals surface area contributed by atoms with Crippen molar-refractivity contribution < 1.29 is 0 Å². The smallest absolute Gasteiger partial charge is 0.147 e. The van der Waals surface area contributed by atoms with Gasteiger partial charge in [-0.1, -0.05) is 19.8 Å². The molecule has 19 heavy (non-hydrogen) atoms. The van der Waals surface area contributed by atoms with Gasteiger partial charge in [0.05, 0.1) is 12.4 Å². The first-order valence-electron chi connectivity index (χ1n) is 7.12. The molecule has 0 bridgehead atoms. The third kappa shape index (κ3) is 3.66. The van der Waals surface area contributed by atoms with Gasteiger partial charge in [-0.05, 0) is 25.2 Å². The number of amidine groups is 1. The van der Waals surface area contributed by atoms with E-state index in [0.717, 1.165) is 24.8 Å². The summed E-state index contributed by atoms with van der Waals surface area (Å²) in [5, 5.41) is 7.32. The van der Waals surface area contributed by atoms with Gasteiger partial charge in [-0.3, -0.25) is 5.41 Å². The van der Waals surface area contributed by atoms with Crippen LogP contribution in [0.5, 0.6) is 0 Å². The zero-order chi connectivity index (χ0) is 13.7. The van der Waals surface area contributed by atoms with Crippen molar-refractivity contribution in [1.29, 1.82) is 5.41 Å². The fraction of sp³-hybridized carbons (Fsp3) is 0.643. The minimum atomic E-state index is -0.0297. The molecule has 0 radical (unpaired) electrons. The summed E-state index contributed by atoms with van der Waals surface area (Å²) >= 11 is 0. The van der Waals surface area contributed by atoms with Crippen molar-refractivity contribution in [3.63, 3.8) is 0 Å². The first-order valence-corrected chi connectivity index (χ1v) is 7.12. The number of hydrogen-bond donors (Lipinski definition) is 2. The summed E-state index contributed by atoms with van der Waals surface area (Å²) < 4.78 is 0. The Hall–Kier alpha value is -1.65. The summed E-state index contributed by atoms with van der Waals surface area (Å²) in [5.74, 6) is 1.74. The third-order valence-corrected chi connectivity index (χ3v) is 3.78. The molecule has 1 fully saturated rings. The van der Waals surface area contributed by atoms with Crippen LogP contribution in [0.3, 0.4) is 0 Å². The molecule has 3 N–H and O–H groups in total. The molecule has 1 aliphatic heterocycles. The quantitative estimate of drug-likeness (QED) is 0.643. The number of nitrogens with one attached hydrogen (secondary N) is 1. The number of aromatic nitrogens is 2. The minimum absolute atomic E-state index is 0.0297. The average Bonchev–Trinajstić information content (AvgIpc) is 2.65. The van der Waals surface area contributed by atoms with E-state index in [0.29, 0.717) is 5.69 Å². The van der Waals surface area contributed by atoms with Gasteiger partial charge in [0.1, 0.15) is 17.3 Å².